The summed E-state index contributed by atoms with van der Waals surface area (Å²) in [4.78, 5) is 2.43. The van der Waals surface area contributed by atoms with Crippen LogP contribution in [0, 0.1) is 0 Å². The Hall–Kier alpha value is -1.11. The molecule has 4 N–H and O–H groups in total. The minimum absolute atomic E-state index is 0.144. The molecule has 106 valence electrons. The predicted molar refractivity (Wildman–Crippen MR) is 76.4 cm³/mol. The molecule has 1 fully saturated rings. The first-order chi connectivity index (χ1) is 8.93. The number of piperidine rings is 1. The normalized spacial score (nSPS) is 24.5. The van der Waals surface area contributed by atoms with Crippen molar-refractivity contribution in [2.45, 2.75) is 43.2 Å². The fourth-order valence-electron chi connectivity index (χ4n) is 2.79. The van der Waals surface area contributed by atoms with Crippen molar-refractivity contribution in [3.8, 4) is 0 Å². The lowest BCUT2D eigenvalue weighted by Crippen LogP contribution is -2.49. The minimum Gasteiger partial charge on any atom is -0.365 e. The van der Waals surface area contributed by atoms with Gasteiger partial charge >= 0.3 is 0 Å². The molecule has 2 unspecified atom stereocenters. The zero-order valence-corrected chi connectivity index (χ0v) is 11.9. The fraction of sp³-hybridized carbons (Fsp3) is 0.538. The first kappa shape index (κ1) is 14.3. The summed E-state index contributed by atoms with van der Waals surface area (Å²) >= 11 is 0. The molecule has 0 aliphatic carbocycles. The van der Waals surface area contributed by atoms with Crippen LogP contribution in [0.4, 0.5) is 5.69 Å². The van der Waals surface area contributed by atoms with Crippen LogP contribution in [0.2, 0.25) is 0 Å². The SMILES string of the molecule is CC1CCCC(CN)N1c1ccc(S(N)(=O)=O)cc1. The molecule has 0 aromatic heterocycles. The van der Waals surface area contributed by atoms with E-state index in [1.54, 1.807) is 12.1 Å². The molecule has 1 aliphatic rings. The van der Waals surface area contributed by atoms with Crippen LogP contribution < -0.4 is 15.8 Å². The Morgan fingerprint density at radius 3 is 2.42 bits per heavy atom. The van der Waals surface area contributed by atoms with E-state index in [1.807, 2.05) is 12.1 Å². The van der Waals surface area contributed by atoms with Gasteiger partial charge in [0.1, 0.15) is 0 Å². The van der Waals surface area contributed by atoms with Gasteiger partial charge in [-0.2, -0.15) is 0 Å². The lowest BCUT2D eigenvalue weighted by atomic mass is 9.95. The summed E-state index contributed by atoms with van der Waals surface area (Å²) in [6, 6.07) is 7.47. The highest BCUT2D eigenvalue weighted by Crippen LogP contribution is 2.29. The minimum atomic E-state index is -3.63. The Bertz CT molecular complexity index is 527. The Labute approximate surface area is 114 Å². The molecular formula is C13H21N3O2S. The number of anilines is 1. The van der Waals surface area contributed by atoms with E-state index in [1.165, 1.54) is 6.42 Å². The van der Waals surface area contributed by atoms with Crippen LogP contribution in [-0.2, 0) is 10.0 Å². The van der Waals surface area contributed by atoms with Gasteiger partial charge in [-0.1, -0.05) is 0 Å². The predicted octanol–water partition coefficient (Wildman–Crippen LogP) is 1.04. The monoisotopic (exact) mass is 283 g/mol. The van der Waals surface area contributed by atoms with Crippen molar-refractivity contribution in [3.05, 3.63) is 24.3 Å². The lowest BCUT2D eigenvalue weighted by Gasteiger charge is -2.42. The third kappa shape index (κ3) is 3.08. The third-order valence-electron chi connectivity index (χ3n) is 3.76. The number of nitrogens with two attached hydrogens (primary N) is 2. The van der Waals surface area contributed by atoms with Gasteiger partial charge in [0.2, 0.25) is 10.0 Å². The van der Waals surface area contributed by atoms with Crippen molar-refractivity contribution in [1.82, 2.24) is 0 Å². The van der Waals surface area contributed by atoms with Crippen LogP contribution in [0.25, 0.3) is 0 Å². The van der Waals surface area contributed by atoms with E-state index in [0.717, 1.165) is 18.5 Å². The first-order valence-corrected chi connectivity index (χ1v) is 8.09. The van der Waals surface area contributed by atoms with E-state index in [2.05, 4.69) is 11.8 Å². The van der Waals surface area contributed by atoms with Crippen molar-refractivity contribution in [2.24, 2.45) is 10.9 Å². The van der Waals surface area contributed by atoms with Gasteiger partial charge < -0.3 is 10.6 Å². The van der Waals surface area contributed by atoms with Gasteiger partial charge in [0, 0.05) is 24.3 Å². The van der Waals surface area contributed by atoms with Crippen LogP contribution in [0.3, 0.4) is 0 Å². The number of nitrogens with zero attached hydrogens (tertiary/aromatic N) is 1. The quantitative estimate of drug-likeness (QED) is 0.867. The van der Waals surface area contributed by atoms with Gasteiger partial charge in [-0.05, 0) is 50.5 Å². The maximum absolute atomic E-state index is 11.2. The smallest absolute Gasteiger partial charge is 0.238 e. The summed E-state index contributed by atoms with van der Waals surface area (Å²) in [5.74, 6) is 0. The molecule has 1 aliphatic heterocycles. The van der Waals surface area contributed by atoms with Crippen molar-refractivity contribution in [3.63, 3.8) is 0 Å². The van der Waals surface area contributed by atoms with Crippen LogP contribution in [0.15, 0.2) is 29.2 Å². The Morgan fingerprint density at radius 2 is 1.89 bits per heavy atom. The molecule has 1 saturated heterocycles. The summed E-state index contributed by atoms with van der Waals surface area (Å²) in [7, 11) is -3.63. The van der Waals surface area contributed by atoms with Crippen LogP contribution in [-0.4, -0.2) is 27.0 Å². The van der Waals surface area contributed by atoms with Gasteiger partial charge in [-0.25, -0.2) is 13.6 Å². The van der Waals surface area contributed by atoms with Crippen LogP contribution >= 0.6 is 0 Å². The molecule has 0 amide bonds. The van der Waals surface area contributed by atoms with Crippen molar-refractivity contribution in [2.75, 3.05) is 11.4 Å². The Kier molecular flexibility index (Phi) is 4.13. The van der Waals surface area contributed by atoms with Gasteiger partial charge in [0.25, 0.3) is 0 Å². The number of benzene rings is 1. The molecule has 1 aromatic rings. The lowest BCUT2D eigenvalue weighted by molar-refractivity contribution is 0.401. The van der Waals surface area contributed by atoms with Gasteiger partial charge in [-0.3, -0.25) is 0 Å². The van der Waals surface area contributed by atoms with Crippen LogP contribution in [0.1, 0.15) is 26.2 Å². The molecule has 1 aromatic carbocycles. The van der Waals surface area contributed by atoms with Crippen molar-refractivity contribution in [1.29, 1.82) is 0 Å². The first-order valence-electron chi connectivity index (χ1n) is 6.54. The highest BCUT2D eigenvalue weighted by atomic mass is 32.2. The number of hydrogen-bond acceptors (Lipinski definition) is 4. The summed E-state index contributed by atoms with van der Waals surface area (Å²) in [5.41, 5.74) is 6.84. The largest absolute Gasteiger partial charge is 0.365 e. The van der Waals surface area contributed by atoms with E-state index in [9.17, 15) is 8.42 Å². The number of rotatable bonds is 3. The maximum Gasteiger partial charge on any atom is 0.238 e. The average Bonchev–Trinajstić information content (AvgIpc) is 2.37. The number of hydrogen-bond donors (Lipinski definition) is 2. The Balaban J connectivity index is 2.29. The molecule has 19 heavy (non-hydrogen) atoms. The van der Waals surface area contributed by atoms with E-state index in [4.69, 9.17) is 10.9 Å². The molecule has 0 spiro atoms. The van der Waals surface area contributed by atoms with Gasteiger partial charge in [0.15, 0.2) is 0 Å². The molecule has 0 bridgehead atoms. The standard InChI is InChI=1S/C13H21N3O2S/c1-10-3-2-4-12(9-14)16(10)11-5-7-13(8-6-11)19(15,17)18/h5-8,10,12H,2-4,9,14H2,1H3,(H2,15,17,18). The molecule has 2 rings (SSSR count). The van der Waals surface area contributed by atoms with E-state index in [0.29, 0.717) is 18.6 Å². The summed E-state index contributed by atoms with van der Waals surface area (Å²) in [6.45, 7) is 2.79. The number of sulfonamides is 1. The second-order valence-corrected chi connectivity index (χ2v) is 6.68. The molecular weight excluding hydrogens is 262 g/mol. The zero-order chi connectivity index (χ0) is 14.0. The van der Waals surface area contributed by atoms with E-state index >= 15 is 0 Å². The summed E-state index contributed by atoms with van der Waals surface area (Å²) < 4.78 is 22.5. The average molecular weight is 283 g/mol. The molecule has 6 heteroatoms. The molecule has 1 heterocycles. The van der Waals surface area contributed by atoms with Gasteiger partial charge in [0.05, 0.1) is 4.90 Å². The Morgan fingerprint density at radius 1 is 1.26 bits per heavy atom. The molecule has 2 atom stereocenters. The zero-order valence-electron chi connectivity index (χ0n) is 11.1. The summed E-state index contributed by atoms with van der Waals surface area (Å²) in [6.07, 6.45) is 3.40. The molecule has 5 nitrogen and oxygen atoms in total. The fourth-order valence-corrected chi connectivity index (χ4v) is 3.31. The molecule has 0 saturated carbocycles. The third-order valence-corrected chi connectivity index (χ3v) is 4.69. The van der Waals surface area contributed by atoms with E-state index in [-0.39, 0.29) is 4.90 Å². The maximum atomic E-state index is 11.2. The van der Waals surface area contributed by atoms with Crippen LogP contribution in [0.5, 0.6) is 0 Å². The number of primary sulfonamides is 1. The van der Waals surface area contributed by atoms with Crippen molar-refractivity contribution < 1.29 is 8.42 Å². The van der Waals surface area contributed by atoms with Gasteiger partial charge in [-0.15, -0.1) is 0 Å². The second-order valence-electron chi connectivity index (χ2n) is 5.12. The second kappa shape index (κ2) is 5.48. The van der Waals surface area contributed by atoms with E-state index < -0.39 is 10.0 Å². The highest BCUT2D eigenvalue weighted by Gasteiger charge is 2.27. The highest BCUT2D eigenvalue weighted by molar-refractivity contribution is 7.89. The molecule has 0 radical (unpaired) electrons. The summed E-state index contributed by atoms with van der Waals surface area (Å²) in [5, 5.41) is 5.10. The topological polar surface area (TPSA) is 89.4 Å². The van der Waals surface area contributed by atoms with Crippen molar-refractivity contribution >= 4 is 15.7 Å².